The Labute approximate surface area is 172 Å². The number of likely N-dealkylation sites (tertiary alicyclic amines) is 2. The molecular weight excluding hydrogens is 370 g/mol. The van der Waals surface area contributed by atoms with E-state index in [1.54, 1.807) is 15.7 Å². The first-order chi connectivity index (χ1) is 14.0. The molecule has 3 aliphatic heterocycles. The molecule has 0 aliphatic carbocycles. The van der Waals surface area contributed by atoms with Crippen LogP contribution in [0.3, 0.4) is 0 Å². The lowest BCUT2D eigenvalue weighted by Gasteiger charge is -2.40. The van der Waals surface area contributed by atoms with E-state index >= 15 is 0 Å². The van der Waals surface area contributed by atoms with Crippen molar-refractivity contribution >= 4 is 5.91 Å². The van der Waals surface area contributed by atoms with Crippen LogP contribution in [0.5, 0.6) is 0 Å². The fourth-order valence-electron chi connectivity index (χ4n) is 4.88. The summed E-state index contributed by atoms with van der Waals surface area (Å²) in [5.74, 6) is -0.211. The van der Waals surface area contributed by atoms with Gasteiger partial charge in [0.25, 0.3) is 11.5 Å². The first kappa shape index (κ1) is 20.6. The summed E-state index contributed by atoms with van der Waals surface area (Å²) in [5.41, 5.74) is 0.00716. The number of aliphatic hydroxyl groups is 1. The summed E-state index contributed by atoms with van der Waals surface area (Å²) in [6, 6.07) is 1.84. The number of carbonyl (C=O) groups excluding carboxylic acids is 1. The summed E-state index contributed by atoms with van der Waals surface area (Å²) in [4.78, 5) is 30.3. The number of aromatic nitrogens is 1. The number of amides is 1. The molecule has 1 atom stereocenters. The maximum Gasteiger partial charge on any atom is 0.263 e. The van der Waals surface area contributed by atoms with Crippen LogP contribution >= 0.6 is 0 Å². The predicted octanol–water partition coefficient (Wildman–Crippen LogP) is 1.40. The molecule has 3 aliphatic rings. The topological polar surface area (TPSA) is 75.0 Å². The summed E-state index contributed by atoms with van der Waals surface area (Å²) >= 11 is 0. The predicted molar refractivity (Wildman–Crippen MR) is 110 cm³/mol. The Morgan fingerprint density at radius 3 is 2.59 bits per heavy atom. The van der Waals surface area contributed by atoms with Gasteiger partial charge in [-0.15, -0.1) is 0 Å². The second-order valence-electron chi connectivity index (χ2n) is 8.97. The molecule has 0 spiro atoms. The molecule has 7 nitrogen and oxygen atoms in total. The van der Waals surface area contributed by atoms with Crippen LogP contribution in [-0.4, -0.2) is 76.4 Å². The summed E-state index contributed by atoms with van der Waals surface area (Å²) in [7, 11) is 0. The molecule has 1 aromatic heterocycles. The Bertz CT molecular complexity index is 786. The number of rotatable bonds is 5. The second-order valence-corrected chi connectivity index (χ2v) is 8.97. The maximum absolute atomic E-state index is 13.2. The fourth-order valence-corrected chi connectivity index (χ4v) is 4.88. The van der Waals surface area contributed by atoms with E-state index in [9.17, 15) is 14.7 Å². The van der Waals surface area contributed by atoms with E-state index < -0.39 is 5.60 Å². The zero-order valence-corrected chi connectivity index (χ0v) is 17.4. The van der Waals surface area contributed by atoms with E-state index in [0.29, 0.717) is 44.6 Å². The number of pyridine rings is 1. The Morgan fingerprint density at radius 1 is 1.21 bits per heavy atom. The number of piperidine rings is 1. The van der Waals surface area contributed by atoms with Crippen molar-refractivity contribution in [1.82, 2.24) is 14.4 Å². The molecule has 0 aromatic carbocycles. The van der Waals surface area contributed by atoms with Crippen LogP contribution in [0.15, 0.2) is 17.1 Å². The van der Waals surface area contributed by atoms with Gasteiger partial charge in [0, 0.05) is 32.4 Å². The Balaban J connectivity index is 1.43. The number of aryl methyl sites for hydroxylation is 1. The van der Waals surface area contributed by atoms with Crippen LogP contribution in [0.4, 0.5) is 0 Å². The van der Waals surface area contributed by atoms with Crippen molar-refractivity contribution in [2.45, 2.75) is 63.7 Å². The van der Waals surface area contributed by atoms with Crippen molar-refractivity contribution in [2.24, 2.45) is 0 Å². The fraction of sp³-hybridized carbons (Fsp3) is 0.727. The molecule has 29 heavy (non-hydrogen) atoms. The number of nitrogens with zero attached hydrogens (tertiary/aromatic N) is 3. The molecule has 1 unspecified atom stereocenters. The van der Waals surface area contributed by atoms with Gasteiger partial charge >= 0.3 is 0 Å². The SMILES string of the molecule is Cc1ccn(CC2CCCO2)c(=O)c1C(=O)N1CCC(O)(CN2CCCC2)CC1. The Morgan fingerprint density at radius 2 is 1.93 bits per heavy atom. The largest absolute Gasteiger partial charge is 0.388 e. The maximum atomic E-state index is 13.2. The highest BCUT2D eigenvalue weighted by atomic mass is 16.5. The molecule has 0 saturated carbocycles. The first-order valence-electron chi connectivity index (χ1n) is 11.0. The highest BCUT2D eigenvalue weighted by Gasteiger charge is 2.37. The van der Waals surface area contributed by atoms with E-state index in [2.05, 4.69) is 4.90 Å². The average Bonchev–Trinajstić information content (AvgIpc) is 3.38. The summed E-state index contributed by atoms with van der Waals surface area (Å²) in [6.07, 6.45) is 7.31. The lowest BCUT2D eigenvalue weighted by atomic mass is 9.90. The summed E-state index contributed by atoms with van der Waals surface area (Å²) in [6.45, 7) is 6.83. The molecule has 0 bridgehead atoms. The molecule has 7 heteroatoms. The summed E-state index contributed by atoms with van der Waals surface area (Å²) < 4.78 is 7.26. The molecule has 0 radical (unpaired) electrons. The van der Waals surface area contributed by atoms with Crippen molar-refractivity contribution in [3.05, 3.63) is 33.7 Å². The van der Waals surface area contributed by atoms with E-state index in [0.717, 1.165) is 32.5 Å². The van der Waals surface area contributed by atoms with Gasteiger partial charge in [-0.05, 0) is 70.2 Å². The van der Waals surface area contributed by atoms with Gasteiger partial charge in [0.15, 0.2) is 0 Å². The Hall–Kier alpha value is -1.70. The molecule has 160 valence electrons. The number of carbonyl (C=O) groups is 1. The van der Waals surface area contributed by atoms with Crippen molar-refractivity contribution in [1.29, 1.82) is 0 Å². The quantitative estimate of drug-likeness (QED) is 0.804. The monoisotopic (exact) mass is 403 g/mol. The number of β-amino-alcohol motifs (C(OH)–C–C–N with tert-alkyl or cyclic N) is 1. The lowest BCUT2D eigenvalue weighted by Crippen LogP contribution is -2.52. The van der Waals surface area contributed by atoms with Gasteiger partial charge in [-0.3, -0.25) is 9.59 Å². The minimum Gasteiger partial charge on any atom is -0.388 e. The van der Waals surface area contributed by atoms with Gasteiger partial charge in [-0.2, -0.15) is 0 Å². The number of hydrogen-bond donors (Lipinski definition) is 1. The van der Waals surface area contributed by atoms with Crippen LogP contribution in [0.2, 0.25) is 0 Å². The average molecular weight is 404 g/mol. The number of hydrogen-bond acceptors (Lipinski definition) is 5. The van der Waals surface area contributed by atoms with Crippen molar-refractivity contribution < 1.29 is 14.6 Å². The zero-order valence-electron chi connectivity index (χ0n) is 17.4. The van der Waals surface area contributed by atoms with E-state index in [1.165, 1.54) is 12.8 Å². The van der Waals surface area contributed by atoms with Crippen molar-refractivity contribution in [3.63, 3.8) is 0 Å². The van der Waals surface area contributed by atoms with E-state index in [4.69, 9.17) is 4.74 Å². The van der Waals surface area contributed by atoms with Gasteiger partial charge < -0.3 is 24.2 Å². The third-order valence-electron chi connectivity index (χ3n) is 6.71. The molecule has 1 N–H and O–H groups in total. The van der Waals surface area contributed by atoms with Crippen LogP contribution in [0.25, 0.3) is 0 Å². The molecule has 1 amide bonds. The second kappa shape index (κ2) is 8.58. The molecular formula is C22H33N3O4. The Kier molecular flexibility index (Phi) is 6.08. The van der Waals surface area contributed by atoms with Crippen molar-refractivity contribution in [3.8, 4) is 0 Å². The van der Waals surface area contributed by atoms with Crippen LogP contribution < -0.4 is 5.56 Å². The van der Waals surface area contributed by atoms with E-state index in [1.807, 2.05) is 13.0 Å². The number of ether oxygens (including phenoxy) is 1. The highest BCUT2D eigenvalue weighted by Crippen LogP contribution is 2.26. The standard InChI is InChI=1S/C22H33N3O4/c1-17-6-11-25(15-18-5-4-14-29-18)21(27)19(17)20(26)24-12-7-22(28,8-13-24)16-23-9-2-3-10-23/h6,11,18,28H,2-5,7-10,12-16H2,1H3. The smallest absolute Gasteiger partial charge is 0.263 e. The van der Waals surface area contributed by atoms with Gasteiger partial charge in [-0.1, -0.05) is 0 Å². The zero-order chi connectivity index (χ0) is 20.4. The van der Waals surface area contributed by atoms with Gasteiger partial charge in [0.05, 0.1) is 18.2 Å². The van der Waals surface area contributed by atoms with Crippen LogP contribution in [-0.2, 0) is 11.3 Å². The minimum absolute atomic E-state index is 0.0499. The van der Waals surface area contributed by atoms with Crippen molar-refractivity contribution in [2.75, 3.05) is 39.3 Å². The van der Waals surface area contributed by atoms with Gasteiger partial charge in [0.1, 0.15) is 5.56 Å². The van der Waals surface area contributed by atoms with Gasteiger partial charge in [0.2, 0.25) is 0 Å². The van der Waals surface area contributed by atoms with Crippen LogP contribution in [0.1, 0.15) is 54.4 Å². The molecule has 4 rings (SSSR count). The third-order valence-corrected chi connectivity index (χ3v) is 6.71. The normalized spacial score (nSPS) is 24.9. The lowest BCUT2D eigenvalue weighted by molar-refractivity contribution is -0.0368. The highest BCUT2D eigenvalue weighted by molar-refractivity contribution is 5.95. The molecule has 3 saturated heterocycles. The molecule has 1 aromatic rings. The van der Waals surface area contributed by atoms with Gasteiger partial charge in [-0.25, -0.2) is 0 Å². The minimum atomic E-state index is -0.729. The third kappa shape index (κ3) is 4.57. The van der Waals surface area contributed by atoms with Crippen LogP contribution in [0, 0.1) is 6.92 Å². The summed E-state index contributed by atoms with van der Waals surface area (Å²) in [5, 5.41) is 11.0. The molecule has 4 heterocycles. The first-order valence-corrected chi connectivity index (χ1v) is 11.0. The van der Waals surface area contributed by atoms with E-state index in [-0.39, 0.29) is 23.1 Å². The molecule has 3 fully saturated rings.